The van der Waals surface area contributed by atoms with E-state index in [1.807, 2.05) is 47.4 Å². The van der Waals surface area contributed by atoms with Crippen LogP contribution in [0, 0.1) is 39.9 Å². The Bertz CT molecular complexity index is 1350. The van der Waals surface area contributed by atoms with E-state index >= 15 is 0 Å². The predicted octanol–water partition coefficient (Wildman–Crippen LogP) is 4.22. The minimum absolute atomic E-state index is 0.0912. The van der Waals surface area contributed by atoms with Gasteiger partial charge in [0.1, 0.15) is 10.9 Å². The Balaban J connectivity index is 1.19. The monoisotopic (exact) mass is 440 g/mol. The molecule has 2 aromatic heterocycles. The molecule has 2 unspecified atom stereocenters. The van der Waals surface area contributed by atoms with Crippen LogP contribution in [0.1, 0.15) is 47.0 Å². The molecule has 0 N–H and O–H groups in total. The molecule has 1 aromatic carbocycles. The van der Waals surface area contributed by atoms with Crippen LogP contribution in [0.15, 0.2) is 41.6 Å². The molecule has 158 valence electrons. The van der Waals surface area contributed by atoms with Gasteiger partial charge >= 0.3 is 0 Å². The molecule has 1 aliphatic heterocycles. The van der Waals surface area contributed by atoms with Crippen molar-refractivity contribution in [3.05, 3.63) is 51.8 Å². The van der Waals surface area contributed by atoms with E-state index in [0.717, 1.165) is 41.6 Å². The summed E-state index contributed by atoms with van der Waals surface area (Å²) in [6.07, 6.45) is 7.03. The number of nitriles is 2. The SMILES string of the molecule is N#Cc1ccc2c(cnn2CC2CC3(C(=O)N4N=CCC4c4ccc(C#N)s4)CC2C3)c1. The van der Waals surface area contributed by atoms with Crippen LogP contribution < -0.4 is 0 Å². The fourth-order valence-electron chi connectivity index (χ4n) is 5.79. The van der Waals surface area contributed by atoms with Crippen molar-refractivity contribution < 1.29 is 4.79 Å². The fraction of sp³-hybridized carbons (Fsp3) is 0.375. The maximum absolute atomic E-state index is 13.6. The number of aromatic nitrogens is 2. The van der Waals surface area contributed by atoms with Crippen LogP contribution in [0.4, 0.5) is 0 Å². The van der Waals surface area contributed by atoms with Gasteiger partial charge in [-0.15, -0.1) is 11.3 Å². The summed E-state index contributed by atoms with van der Waals surface area (Å²) in [7, 11) is 0. The standard InChI is InChI=1S/C24H20N6OS/c25-11-15-1-3-20-16(7-15)13-28-29(20)14-18-10-24(8-17(18)9-24)23(31)30-21(5-6-27-30)22-4-2-19(12-26)32-22/h1-4,6-7,13,17-18,21H,5,8-10,14H2. The molecule has 32 heavy (non-hydrogen) atoms. The third-order valence-electron chi connectivity index (χ3n) is 7.36. The van der Waals surface area contributed by atoms with Gasteiger partial charge in [-0.05, 0) is 61.4 Å². The summed E-state index contributed by atoms with van der Waals surface area (Å²) in [5.41, 5.74) is 1.35. The molecule has 3 aromatic rings. The molecule has 3 heterocycles. The Morgan fingerprint density at radius 3 is 2.84 bits per heavy atom. The van der Waals surface area contributed by atoms with E-state index in [2.05, 4.69) is 22.3 Å². The average Bonchev–Trinajstić information content (AvgIpc) is 3.60. The summed E-state index contributed by atoms with van der Waals surface area (Å²) >= 11 is 1.45. The number of nitrogens with zero attached hydrogens (tertiary/aromatic N) is 6. The number of hydrazone groups is 1. The van der Waals surface area contributed by atoms with Crippen molar-refractivity contribution in [1.29, 1.82) is 10.5 Å². The summed E-state index contributed by atoms with van der Waals surface area (Å²) in [5, 5.41) is 29.9. The Morgan fingerprint density at radius 2 is 2.06 bits per heavy atom. The number of carbonyl (C=O) groups is 1. The molecular weight excluding hydrogens is 420 g/mol. The second-order valence-corrected chi connectivity index (χ2v) is 10.3. The first kappa shape index (κ1) is 19.2. The fourth-order valence-corrected chi connectivity index (χ4v) is 6.70. The highest BCUT2D eigenvalue weighted by atomic mass is 32.1. The Kier molecular flexibility index (Phi) is 4.21. The van der Waals surface area contributed by atoms with Crippen LogP contribution in [-0.4, -0.2) is 26.9 Å². The van der Waals surface area contributed by atoms with Gasteiger partial charge in [0.05, 0.1) is 34.8 Å². The topological polar surface area (TPSA) is 98.1 Å². The lowest BCUT2D eigenvalue weighted by molar-refractivity contribution is -0.148. The Morgan fingerprint density at radius 1 is 1.19 bits per heavy atom. The van der Waals surface area contributed by atoms with Crippen LogP contribution in [0.25, 0.3) is 10.9 Å². The number of hydrogen-bond donors (Lipinski definition) is 0. The predicted molar refractivity (Wildman–Crippen MR) is 119 cm³/mol. The average molecular weight is 441 g/mol. The van der Waals surface area contributed by atoms with E-state index in [9.17, 15) is 4.79 Å². The summed E-state index contributed by atoms with van der Waals surface area (Å²) < 4.78 is 2.02. The van der Waals surface area contributed by atoms with Crippen molar-refractivity contribution in [2.75, 3.05) is 0 Å². The molecule has 4 aliphatic rings. The zero-order chi connectivity index (χ0) is 21.9. The van der Waals surface area contributed by atoms with Gasteiger partial charge in [0, 0.05) is 29.4 Å². The van der Waals surface area contributed by atoms with Gasteiger partial charge in [-0.3, -0.25) is 9.48 Å². The molecule has 1 amide bonds. The number of carbonyl (C=O) groups excluding carboxylic acids is 1. The summed E-state index contributed by atoms with van der Waals surface area (Å²) in [6.45, 7) is 0.790. The van der Waals surface area contributed by atoms with Crippen molar-refractivity contribution in [3.63, 3.8) is 0 Å². The maximum Gasteiger partial charge on any atom is 0.249 e. The van der Waals surface area contributed by atoms with Crippen LogP contribution in [0.2, 0.25) is 0 Å². The summed E-state index contributed by atoms with van der Waals surface area (Å²) in [5.74, 6) is 1.08. The van der Waals surface area contributed by atoms with Gasteiger partial charge < -0.3 is 0 Å². The van der Waals surface area contributed by atoms with E-state index in [4.69, 9.17) is 10.5 Å². The van der Waals surface area contributed by atoms with Crippen molar-refractivity contribution in [2.45, 2.75) is 38.3 Å². The molecule has 3 saturated carbocycles. The van der Waals surface area contributed by atoms with Crippen LogP contribution in [0.5, 0.6) is 0 Å². The van der Waals surface area contributed by atoms with E-state index in [1.165, 1.54) is 11.3 Å². The second-order valence-electron chi connectivity index (χ2n) is 9.14. The van der Waals surface area contributed by atoms with Crippen molar-refractivity contribution in [1.82, 2.24) is 14.8 Å². The molecule has 3 aliphatic carbocycles. The van der Waals surface area contributed by atoms with Gasteiger partial charge in [-0.25, -0.2) is 5.01 Å². The van der Waals surface area contributed by atoms with E-state index in [0.29, 0.717) is 28.7 Å². The van der Waals surface area contributed by atoms with Gasteiger partial charge in [0.25, 0.3) is 0 Å². The highest BCUT2D eigenvalue weighted by Gasteiger charge is 2.62. The lowest BCUT2D eigenvalue weighted by Gasteiger charge is -2.40. The highest BCUT2D eigenvalue weighted by Crippen LogP contribution is 2.63. The van der Waals surface area contributed by atoms with Crippen molar-refractivity contribution >= 4 is 34.4 Å². The lowest BCUT2D eigenvalue weighted by atomic mass is 9.68. The number of thiophene rings is 1. The third kappa shape index (κ3) is 2.80. The zero-order valence-electron chi connectivity index (χ0n) is 17.3. The van der Waals surface area contributed by atoms with E-state index < -0.39 is 0 Å². The number of benzene rings is 1. The zero-order valence-corrected chi connectivity index (χ0v) is 18.1. The van der Waals surface area contributed by atoms with Crippen LogP contribution >= 0.6 is 11.3 Å². The first-order valence-electron chi connectivity index (χ1n) is 10.8. The first-order chi connectivity index (χ1) is 15.6. The molecule has 7 rings (SSSR count). The molecule has 0 radical (unpaired) electrons. The van der Waals surface area contributed by atoms with E-state index in [-0.39, 0.29) is 17.4 Å². The van der Waals surface area contributed by atoms with Gasteiger partial charge in [0.2, 0.25) is 5.91 Å². The molecule has 2 atom stereocenters. The molecule has 3 fully saturated rings. The minimum atomic E-state index is -0.318. The summed E-state index contributed by atoms with van der Waals surface area (Å²) in [6, 6.07) is 13.7. The van der Waals surface area contributed by atoms with Crippen molar-refractivity contribution in [3.8, 4) is 12.1 Å². The van der Waals surface area contributed by atoms with Gasteiger partial charge in [0.15, 0.2) is 0 Å². The molecular formula is C24H20N6OS. The molecule has 7 nitrogen and oxygen atoms in total. The Hall–Kier alpha value is -3.49. The molecule has 0 spiro atoms. The largest absolute Gasteiger partial charge is 0.272 e. The molecule has 8 heteroatoms. The maximum atomic E-state index is 13.6. The number of amides is 1. The minimum Gasteiger partial charge on any atom is -0.272 e. The normalized spacial score (nSPS) is 27.9. The van der Waals surface area contributed by atoms with Gasteiger partial charge in [-0.2, -0.15) is 20.7 Å². The first-order valence-corrected chi connectivity index (χ1v) is 11.6. The Labute approximate surface area is 189 Å². The third-order valence-corrected chi connectivity index (χ3v) is 8.45. The highest BCUT2D eigenvalue weighted by molar-refractivity contribution is 7.12. The number of fused-ring (bicyclic) bond motifs is 2. The van der Waals surface area contributed by atoms with Gasteiger partial charge in [-0.1, -0.05) is 0 Å². The van der Waals surface area contributed by atoms with Crippen LogP contribution in [0.3, 0.4) is 0 Å². The lowest BCUT2D eigenvalue weighted by Crippen LogP contribution is -2.44. The number of rotatable bonds is 4. The molecule has 2 bridgehead atoms. The second kappa shape index (κ2) is 7.01. The quantitative estimate of drug-likeness (QED) is 0.607. The smallest absolute Gasteiger partial charge is 0.249 e. The van der Waals surface area contributed by atoms with E-state index in [1.54, 1.807) is 5.01 Å². The van der Waals surface area contributed by atoms with Crippen LogP contribution in [-0.2, 0) is 11.3 Å². The summed E-state index contributed by atoms with van der Waals surface area (Å²) in [4.78, 5) is 15.3. The van der Waals surface area contributed by atoms with Crippen molar-refractivity contribution in [2.24, 2.45) is 22.4 Å². The molecule has 0 saturated heterocycles. The number of hydrogen-bond acceptors (Lipinski definition) is 6.